The second kappa shape index (κ2) is 8.68. The van der Waals surface area contributed by atoms with Gasteiger partial charge < -0.3 is 9.84 Å². The van der Waals surface area contributed by atoms with Gasteiger partial charge in [-0.1, -0.05) is 18.2 Å². The Morgan fingerprint density at radius 3 is 2.37 bits per heavy atom. The highest BCUT2D eigenvalue weighted by molar-refractivity contribution is 6.22. The van der Waals surface area contributed by atoms with Crippen LogP contribution in [0, 0.1) is 30.4 Å². The number of aliphatic hydroxyl groups is 1. The second-order valence-corrected chi connectivity index (χ2v) is 8.47. The van der Waals surface area contributed by atoms with E-state index in [1.54, 1.807) is 6.07 Å². The summed E-state index contributed by atoms with van der Waals surface area (Å²) in [6.45, 7) is 3.43. The van der Waals surface area contributed by atoms with Crippen molar-refractivity contribution in [2.24, 2.45) is 11.8 Å². The Balaban J connectivity index is 1.61. The number of ketones is 1. The van der Waals surface area contributed by atoms with Crippen LogP contribution >= 0.6 is 0 Å². The first-order valence-corrected chi connectivity index (χ1v) is 10.5. The number of hydrogen-bond acceptors (Lipinski definition) is 3. The van der Waals surface area contributed by atoms with E-state index in [4.69, 9.17) is 4.74 Å². The molecule has 4 rings (SSSR count). The van der Waals surface area contributed by atoms with Crippen LogP contribution in [-0.4, -0.2) is 24.1 Å². The molecule has 0 bridgehead atoms. The maximum absolute atomic E-state index is 13.7. The van der Waals surface area contributed by atoms with E-state index in [0.717, 1.165) is 50.2 Å². The predicted molar refractivity (Wildman–Crippen MR) is 112 cm³/mol. The molecule has 0 saturated carbocycles. The molecule has 1 saturated heterocycles. The molecule has 0 unspecified atom stereocenters. The molecule has 0 aromatic heterocycles. The van der Waals surface area contributed by atoms with E-state index in [9.17, 15) is 18.7 Å². The minimum Gasteiger partial charge on any atom is -0.512 e. The van der Waals surface area contributed by atoms with Gasteiger partial charge in [0.05, 0.1) is 5.57 Å². The monoisotopic (exact) mass is 412 g/mol. The number of rotatable bonds is 4. The molecule has 1 aliphatic carbocycles. The predicted octanol–water partition coefficient (Wildman–Crippen LogP) is 6.01. The number of aliphatic hydroxyl groups excluding tert-OH is 1. The highest BCUT2D eigenvalue weighted by Crippen LogP contribution is 2.38. The minimum absolute atomic E-state index is 0.0543. The molecule has 1 heterocycles. The second-order valence-electron chi connectivity index (χ2n) is 8.47. The van der Waals surface area contributed by atoms with Crippen LogP contribution in [0.15, 0.2) is 42.2 Å². The first-order valence-electron chi connectivity index (χ1n) is 10.5. The van der Waals surface area contributed by atoms with Crippen LogP contribution in [0.5, 0.6) is 0 Å². The molecule has 30 heavy (non-hydrogen) atoms. The van der Waals surface area contributed by atoms with Crippen molar-refractivity contribution in [3.05, 3.63) is 64.9 Å². The fourth-order valence-electron chi connectivity index (χ4n) is 4.65. The highest BCUT2D eigenvalue weighted by atomic mass is 19.2. The standard InChI is InChI=1S/C25H26F2O3/c1-15-2-3-18(19-4-5-21(26)22(27)14-19)13-20(15)25-23(28)11-17(12-24(25)29)10-16-6-8-30-9-7-16/h2-5,13-14,16-17,28H,6-12H2,1H3/t17-/m0/s1. The number of allylic oxidation sites excluding steroid dienone is 2. The summed E-state index contributed by atoms with van der Waals surface area (Å²) in [6.07, 6.45) is 3.87. The molecule has 3 nitrogen and oxygen atoms in total. The van der Waals surface area contributed by atoms with Gasteiger partial charge in [-0.3, -0.25) is 4.79 Å². The van der Waals surface area contributed by atoms with Gasteiger partial charge >= 0.3 is 0 Å². The molecule has 5 heteroatoms. The summed E-state index contributed by atoms with van der Waals surface area (Å²) in [7, 11) is 0. The summed E-state index contributed by atoms with van der Waals surface area (Å²) in [5, 5.41) is 10.8. The van der Waals surface area contributed by atoms with Crippen LogP contribution in [0.4, 0.5) is 8.78 Å². The Kier molecular flexibility index (Phi) is 6.00. The lowest BCUT2D eigenvalue weighted by Crippen LogP contribution is -2.24. The molecule has 1 fully saturated rings. The van der Waals surface area contributed by atoms with Gasteiger partial charge in [-0.15, -0.1) is 0 Å². The summed E-state index contributed by atoms with van der Waals surface area (Å²) < 4.78 is 32.4. The molecule has 0 spiro atoms. The maximum atomic E-state index is 13.7. The van der Waals surface area contributed by atoms with Crippen molar-refractivity contribution in [2.45, 2.75) is 39.0 Å². The zero-order chi connectivity index (χ0) is 21.3. The van der Waals surface area contributed by atoms with Gasteiger partial charge in [-0.05, 0) is 78.5 Å². The van der Waals surface area contributed by atoms with E-state index in [1.807, 2.05) is 19.1 Å². The summed E-state index contributed by atoms with van der Waals surface area (Å²) >= 11 is 0. The van der Waals surface area contributed by atoms with Crippen molar-refractivity contribution in [1.82, 2.24) is 0 Å². The summed E-state index contributed by atoms with van der Waals surface area (Å²) in [4.78, 5) is 13.0. The van der Waals surface area contributed by atoms with Crippen molar-refractivity contribution in [2.75, 3.05) is 13.2 Å². The summed E-state index contributed by atoms with van der Waals surface area (Å²) in [6, 6.07) is 9.17. The highest BCUT2D eigenvalue weighted by Gasteiger charge is 2.31. The number of aryl methyl sites for hydroxylation is 1. The van der Waals surface area contributed by atoms with Crippen LogP contribution in [0.25, 0.3) is 16.7 Å². The van der Waals surface area contributed by atoms with E-state index in [2.05, 4.69) is 0 Å². The van der Waals surface area contributed by atoms with Gasteiger partial charge in [0.1, 0.15) is 5.76 Å². The molecule has 158 valence electrons. The molecule has 1 aliphatic heterocycles. The number of hydrogen-bond donors (Lipinski definition) is 1. The van der Waals surface area contributed by atoms with Gasteiger partial charge in [0.25, 0.3) is 0 Å². The van der Waals surface area contributed by atoms with Crippen LogP contribution in [0.3, 0.4) is 0 Å². The number of ether oxygens (including phenoxy) is 1. The fourth-order valence-corrected chi connectivity index (χ4v) is 4.65. The van der Waals surface area contributed by atoms with Gasteiger partial charge in [-0.25, -0.2) is 8.78 Å². The average Bonchev–Trinajstić information content (AvgIpc) is 2.72. The Morgan fingerprint density at radius 1 is 0.967 bits per heavy atom. The first kappa shape index (κ1) is 20.7. The Bertz CT molecular complexity index is 990. The Morgan fingerprint density at radius 2 is 1.67 bits per heavy atom. The number of halogens is 2. The first-order chi connectivity index (χ1) is 14.4. The van der Waals surface area contributed by atoms with Crippen molar-refractivity contribution < 1.29 is 23.4 Å². The summed E-state index contributed by atoms with van der Waals surface area (Å²) in [5.74, 6) is -1.04. The molecule has 1 N–H and O–H groups in total. The normalized spacial score (nSPS) is 20.6. The number of benzene rings is 2. The van der Waals surface area contributed by atoms with Gasteiger partial charge in [0, 0.05) is 26.1 Å². The molecule has 0 radical (unpaired) electrons. The Labute approximate surface area is 175 Å². The van der Waals surface area contributed by atoms with Crippen LogP contribution in [0.2, 0.25) is 0 Å². The average molecular weight is 412 g/mol. The zero-order valence-corrected chi connectivity index (χ0v) is 17.1. The molecule has 2 aliphatic rings. The molecule has 2 aromatic rings. The van der Waals surface area contributed by atoms with Crippen LogP contribution in [-0.2, 0) is 9.53 Å². The van der Waals surface area contributed by atoms with E-state index in [-0.39, 0.29) is 17.5 Å². The smallest absolute Gasteiger partial charge is 0.167 e. The molecule has 2 aromatic carbocycles. The van der Waals surface area contributed by atoms with Crippen LogP contribution < -0.4 is 0 Å². The summed E-state index contributed by atoms with van der Waals surface area (Å²) in [5.41, 5.74) is 3.08. The van der Waals surface area contributed by atoms with Crippen molar-refractivity contribution >= 4 is 11.4 Å². The van der Waals surface area contributed by atoms with Crippen molar-refractivity contribution in [3.63, 3.8) is 0 Å². The third-order valence-electron chi connectivity index (χ3n) is 6.29. The van der Waals surface area contributed by atoms with E-state index >= 15 is 0 Å². The molecular weight excluding hydrogens is 386 g/mol. The largest absolute Gasteiger partial charge is 0.512 e. The van der Waals surface area contributed by atoms with Crippen LogP contribution in [0.1, 0.15) is 43.2 Å². The lowest BCUT2D eigenvalue weighted by Gasteiger charge is -2.29. The van der Waals surface area contributed by atoms with Crippen molar-refractivity contribution in [3.8, 4) is 11.1 Å². The topological polar surface area (TPSA) is 46.5 Å². The number of carbonyl (C=O) groups is 1. The van der Waals surface area contributed by atoms with E-state index < -0.39 is 11.6 Å². The van der Waals surface area contributed by atoms with E-state index in [0.29, 0.717) is 41.0 Å². The Hall–Kier alpha value is -2.53. The number of Topliss-reactive ketones (excluding diaryl/α,β-unsaturated/α-hetero) is 1. The lowest BCUT2D eigenvalue weighted by atomic mass is 9.77. The number of carbonyl (C=O) groups excluding carboxylic acids is 1. The SMILES string of the molecule is Cc1ccc(-c2ccc(F)c(F)c2)cc1C1=C(O)C[C@H](CC2CCOCC2)CC1=O. The van der Waals surface area contributed by atoms with E-state index in [1.165, 1.54) is 6.07 Å². The molecule has 1 atom stereocenters. The lowest BCUT2D eigenvalue weighted by molar-refractivity contribution is -0.115. The third-order valence-corrected chi connectivity index (χ3v) is 6.29. The maximum Gasteiger partial charge on any atom is 0.167 e. The molecular formula is C25H26F2O3. The minimum atomic E-state index is -0.915. The van der Waals surface area contributed by atoms with Gasteiger partial charge in [0.15, 0.2) is 17.4 Å². The zero-order valence-electron chi connectivity index (χ0n) is 17.1. The fraction of sp³-hybridized carbons (Fsp3) is 0.400. The third kappa shape index (κ3) is 4.31. The molecule has 0 amide bonds. The van der Waals surface area contributed by atoms with Gasteiger partial charge in [0.2, 0.25) is 0 Å². The quantitative estimate of drug-likeness (QED) is 0.669. The van der Waals surface area contributed by atoms with Crippen molar-refractivity contribution in [1.29, 1.82) is 0 Å². The van der Waals surface area contributed by atoms with Gasteiger partial charge in [-0.2, -0.15) is 0 Å².